The molecule has 0 spiro atoms. The van der Waals surface area contributed by atoms with Gasteiger partial charge < -0.3 is 10.1 Å². The quantitative estimate of drug-likeness (QED) is 0.588. The third-order valence-electron chi connectivity index (χ3n) is 4.54. The Bertz CT molecular complexity index is 663. The summed E-state index contributed by atoms with van der Waals surface area (Å²) < 4.78 is 6.10. The predicted molar refractivity (Wildman–Crippen MR) is 93.6 cm³/mol. The second-order valence-corrected chi connectivity index (χ2v) is 6.23. The van der Waals surface area contributed by atoms with Crippen LogP contribution in [0.1, 0.15) is 57.1 Å². The number of aryl methyl sites for hydroxylation is 1. The fourth-order valence-corrected chi connectivity index (χ4v) is 2.83. The molecule has 1 N–H and O–H groups in total. The summed E-state index contributed by atoms with van der Waals surface area (Å²) in [6, 6.07) is 13.0. The van der Waals surface area contributed by atoms with Crippen molar-refractivity contribution < 1.29 is 4.74 Å². The summed E-state index contributed by atoms with van der Waals surface area (Å²) >= 11 is 0. The maximum Gasteiger partial charge on any atom is 0.151 e. The SMILES string of the molecule is CCCCc1ccc2c(c1)Oc1ccc(C(C)CC)cc1N2. The smallest absolute Gasteiger partial charge is 0.151 e. The van der Waals surface area contributed by atoms with Gasteiger partial charge in [0.15, 0.2) is 11.5 Å². The molecule has 1 atom stereocenters. The Morgan fingerprint density at radius 1 is 1.00 bits per heavy atom. The fourth-order valence-electron chi connectivity index (χ4n) is 2.83. The van der Waals surface area contributed by atoms with Gasteiger partial charge in [-0.3, -0.25) is 0 Å². The summed E-state index contributed by atoms with van der Waals surface area (Å²) in [6.07, 6.45) is 4.71. The molecular weight excluding hydrogens is 270 g/mol. The second-order valence-electron chi connectivity index (χ2n) is 6.23. The molecule has 3 rings (SSSR count). The predicted octanol–water partition coefficient (Wildman–Crippen LogP) is 6.39. The first-order valence-electron chi connectivity index (χ1n) is 8.43. The number of fused-ring (bicyclic) bond motifs is 2. The Hall–Kier alpha value is -1.96. The molecule has 0 bridgehead atoms. The second kappa shape index (κ2) is 6.43. The highest BCUT2D eigenvalue weighted by Gasteiger charge is 2.18. The molecule has 2 aromatic rings. The Kier molecular flexibility index (Phi) is 4.37. The highest BCUT2D eigenvalue weighted by Crippen LogP contribution is 2.43. The lowest BCUT2D eigenvalue weighted by Gasteiger charge is -2.23. The Morgan fingerprint density at radius 2 is 1.86 bits per heavy atom. The van der Waals surface area contributed by atoms with Gasteiger partial charge in [-0.05, 0) is 60.6 Å². The molecule has 0 radical (unpaired) electrons. The molecule has 22 heavy (non-hydrogen) atoms. The lowest BCUT2D eigenvalue weighted by molar-refractivity contribution is 0.480. The molecule has 0 aromatic heterocycles. The molecule has 1 heterocycles. The van der Waals surface area contributed by atoms with Gasteiger partial charge in [-0.2, -0.15) is 0 Å². The third kappa shape index (κ3) is 2.96. The van der Waals surface area contributed by atoms with E-state index in [1.54, 1.807) is 0 Å². The Labute approximate surface area is 133 Å². The first-order valence-corrected chi connectivity index (χ1v) is 8.43. The van der Waals surface area contributed by atoms with E-state index in [4.69, 9.17) is 4.74 Å². The van der Waals surface area contributed by atoms with Gasteiger partial charge in [0.1, 0.15) is 0 Å². The standard InChI is InChI=1S/C20H25NO/c1-4-6-7-15-8-10-17-20(12-15)22-19-11-9-16(14(3)5-2)13-18(19)21-17/h8-14,21H,4-7H2,1-3H3. The summed E-state index contributed by atoms with van der Waals surface area (Å²) in [4.78, 5) is 0. The van der Waals surface area contributed by atoms with Gasteiger partial charge >= 0.3 is 0 Å². The van der Waals surface area contributed by atoms with Crippen molar-refractivity contribution in [2.45, 2.75) is 52.4 Å². The molecule has 116 valence electrons. The number of ether oxygens (including phenoxy) is 1. The first kappa shape index (κ1) is 15.0. The van der Waals surface area contributed by atoms with Crippen molar-refractivity contribution >= 4 is 11.4 Å². The highest BCUT2D eigenvalue weighted by atomic mass is 16.5. The van der Waals surface area contributed by atoms with Crippen LogP contribution in [0.15, 0.2) is 36.4 Å². The average molecular weight is 295 g/mol. The van der Waals surface area contributed by atoms with Crippen molar-refractivity contribution in [3.63, 3.8) is 0 Å². The van der Waals surface area contributed by atoms with E-state index in [1.807, 2.05) is 0 Å². The van der Waals surface area contributed by atoms with Crippen LogP contribution in [0, 0.1) is 0 Å². The average Bonchev–Trinajstić information content (AvgIpc) is 2.56. The lowest BCUT2D eigenvalue weighted by atomic mass is 9.97. The van der Waals surface area contributed by atoms with Crippen molar-refractivity contribution in [2.24, 2.45) is 0 Å². The molecule has 1 aliphatic rings. The molecule has 0 fully saturated rings. The van der Waals surface area contributed by atoms with Crippen LogP contribution in [0.5, 0.6) is 11.5 Å². The minimum atomic E-state index is 0.574. The van der Waals surface area contributed by atoms with Gasteiger partial charge in [0.05, 0.1) is 11.4 Å². The Balaban J connectivity index is 1.85. The molecule has 2 nitrogen and oxygen atoms in total. The van der Waals surface area contributed by atoms with Gasteiger partial charge in [0, 0.05) is 0 Å². The molecule has 2 heteroatoms. The lowest BCUT2D eigenvalue weighted by Crippen LogP contribution is -2.04. The first-order chi connectivity index (χ1) is 10.7. The number of nitrogens with one attached hydrogen (secondary N) is 1. The molecule has 0 saturated carbocycles. The molecule has 0 amide bonds. The zero-order chi connectivity index (χ0) is 15.5. The number of unbranched alkanes of at least 4 members (excludes halogenated alkanes) is 1. The zero-order valence-corrected chi connectivity index (χ0v) is 13.8. The summed E-state index contributed by atoms with van der Waals surface area (Å²) in [5.74, 6) is 2.44. The summed E-state index contributed by atoms with van der Waals surface area (Å²) in [5, 5.41) is 3.52. The van der Waals surface area contributed by atoms with Gasteiger partial charge in [-0.25, -0.2) is 0 Å². The summed E-state index contributed by atoms with van der Waals surface area (Å²) in [5.41, 5.74) is 4.85. The normalized spacial score (nSPS) is 13.6. The van der Waals surface area contributed by atoms with Crippen molar-refractivity contribution in [1.29, 1.82) is 0 Å². The number of benzene rings is 2. The molecule has 0 saturated heterocycles. The number of hydrogen-bond donors (Lipinski definition) is 1. The van der Waals surface area contributed by atoms with Crippen LogP contribution < -0.4 is 10.1 Å². The van der Waals surface area contributed by atoms with Gasteiger partial charge in [-0.1, -0.05) is 39.3 Å². The van der Waals surface area contributed by atoms with Crippen molar-refractivity contribution in [3.8, 4) is 11.5 Å². The maximum absolute atomic E-state index is 6.10. The molecular formula is C20H25NO. The molecule has 2 aromatic carbocycles. The largest absolute Gasteiger partial charge is 0.453 e. The number of hydrogen-bond acceptors (Lipinski definition) is 2. The third-order valence-corrected chi connectivity index (χ3v) is 4.54. The maximum atomic E-state index is 6.10. The van der Waals surface area contributed by atoms with Crippen molar-refractivity contribution in [1.82, 2.24) is 0 Å². The fraction of sp³-hybridized carbons (Fsp3) is 0.400. The number of anilines is 2. The van der Waals surface area contributed by atoms with Crippen LogP contribution in [0.2, 0.25) is 0 Å². The van der Waals surface area contributed by atoms with E-state index in [-0.39, 0.29) is 0 Å². The van der Waals surface area contributed by atoms with Gasteiger partial charge in [-0.15, -0.1) is 0 Å². The molecule has 1 aliphatic heterocycles. The van der Waals surface area contributed by atoms with Crippen LogP contribution >= 0.6 is 0 Å². The van der Waals surface area contributed by atoms with E-state index in [0.717, 1.165) is 35.7 Å². The van der Waals surface area contributed by atoms with Crippen LogP contribution in [0.4, 0.5) is 11.4 Å². The van der Waals surface area contributed by atoms with Gasteiger partial charge in [0.25, 0.3) is 0 Å². The van der Waals surface area contributed by atoms with Crippen molar-refractivity contribution in [2.75, 3.05) is 5.32 Å². The zero-order valence-electron chi connectivity index (χ0n) is 13.8. The van der Waals surface area contributed by atoms with Gasteiger partial charge in [0.2, 0.25) is 0 Å². The minimum Gasteiger partial charge on any atom is -0.453 e. The topological polar surface area (TPSA) is 21.3 Å². The van der Waals surface area contributed by atoms with Crippen LogP contribution in [0.3, 0.4) is 0 Å². The number of rotatable bonds is 5. The van der Waals surface area contributed by atoms with E-state index in [2.05, 4.69) is 62.5 Å². The monoisotopic (exact) mass is 295 g/mol. The van der Waals surface area contributed by atoms with Crippen LogP contribution in [0.25, 0.3) is 0 Å². The van der Waals surface area contributed by atoms with E-state index in [9.17, 15) is 0 Å². The van der Waals surface area contributed by atoms with Crippen LogP contribution in [-0.4, -0.2) is 0 Å². The van der Waals surface area contributed by atoms with E-state index in [0.29, 0.717) is 5.92 Å². The van der Waals surface area contributed by atoms with Crippen molar-refractivity contribution in [3.05, 3.63) is 47.5 Å². The van der Waals surface area contributed by atoms with E-state index in [1.165, 1.54) is 24.0 Å². The molecule has 0 aliphatic carbocycles. The van der Waals surface area contributed by atoms with E-state index >= 15 is 0 Å². The van der Waals surface area contributed by atoms with E-state index < -0.39 is 0 Å². The van der Waals surface area contributed by atoms with Crippen LogP contribution in [-0.2, 0) is 6.42 Å². The minimum absolute atomic E-state index is 0.574. The summed E-state index contributed by atoms with van der Waals surface area (Å²) in [7, 11) is 0. The Morgan fingerprint density at radius 3 is 2.64 bits per heavy atom. The highest BCUT2D eigenvalue weighted by molar-refractivity contribution is 5.76. The molecule has 1 unspecified atom stereocenters. The summed E-state index contributed by atoms with van der Waals surface area (Å²) in [6.45, 7) is 6.71.